The third-order valence-electron chi connectivity index (χ3n) is 2.87. The van der Waals surface area contributed by atoms with Crippen LogP contribution in [0.15, 0.2) is 12.8 Å². The Kier molecular flexibility index (Phi) is 4.96. The minimum absolute atomic E-state index is 0.0102. The smallest absolute Gasteiger partial charge is 0.313 e. The summed E-state index contributed by atoms with van der Waals surface area (Å²) in [5.74, 6) is -0.455. The maximum atomic E-state index is 11.0. The number of esters is 1. The van der Waals surface area contributed by atoms with Crippen LogP contribution in [-0.2, 0) is 9.53 Å². The van der Waals surface area contributed by atoms with Crippen LogP contribution in [0.3, 0.4) is 0 Å². The zero-order valence-corrected chi connectivity index (χ0v) is 9.52. The Hall–Kier alpha value is -0.870. The Morgan fingerprint density at radius 1 is 1.50 bits per heavy atom. The maximum absolute atomic E-state index is 11.0. The van der Waals surface area contributed by atoms with Crippen molar-refractivity contribution in [3.63, 3.8) is 0 Å². The van der Waals surface area contributed by atoms with E-state index in [1.165, 1.54) is 0 Å². The molecule has 16 heavy (non-hydrogen) atoms. The molecule has 0 radical (unpaired) electrons. The van der Waals surface area contributed by atoms with Crippen LogP contribution >= 0.6 is 0 Å². The van der Waals surface area contributed by atoms with Crippen molar-refractivity contribution in [2.75, 3.05) is 0 Å². The van der Waals surface area contributed by atoms with Gasteiger partial charge in [0, 0.05) is 0 Å². The van der Waals surface area contributed by atoms with Gasteiger partial charge in [-0.1, -0.05) is 19.4 Å². The Morgan fingerprint density at radius 3 is 2.75 bits per heavy atom. The molecule has 0 aromatic rings. The second kappa shape index (κ2) is 6.01. The first kappa shape index (κ1) is 13.2. The first-order valence-electron chi connectivity index (χ1n) is 5.76. The Balaban J connectivity index is 1.99. The summed E-state index contributed by atoms with van der Waals surface area (Å²) in [4.78, 5) is 11.0. The van der Waals surface area contributed by atoms with Crippen LogP contribution in [0.5, 0.6) is 0 Å². The van der Waals surface area contributed by atoms with Gasteiger partial charge in [-0.25, -0.2) is 0 Å². The van der Waals surface area contributed by atoms with Gasteiger partial charge < -0.3 is 14.9 Å². The lowest BCUT2D eigenvalue weighted by molar-refractivity contribution is -0.140. The summed E-state index contributed by atoms with van der Waals surface area (Å²) >= 11 is 0. The average molecular weight is 228 g/mol. The molecule has 92 valence electrons. The predicted octanol–water partition coefficient (Wildman–Crippen LogP) is 1.51. The van der Waals surface area contributed by atoms with Crippen LogP contribution in [0.1, 0.15) is 44.9 Å². The molecular weight excluding hydrogens is 208 g/mol. The van der Waals surface area contributed by atoms with Crippen LogP contribution in [0.4, 0.5) is 0 Å². The minimum Gasteiger partial charge on any atom is -0.435 e. The average Bonchev–Trinajstić information content (AvgIpc) is 2.92. The molecule has 1 fully saturated rings. The van der Waals surface area contributed by atoms with E-state index in [-0.39, 0.29) is 6.42 Å². The molecular formula is C12H20O4. The molecule has 0 saturated heterocycles. The van der Waals surface area contributed by atoms with E-state index >= 15 is 0 Å². The summed E-state index contributed by atoms with van der Waals surface area (Å²) in [6.45, 7) is 3.26. The van der Waals surface area contributed by atoms with Gasteiger partial charge in [0.1, 0.15) is 0 Å². The first-order valence-corrected chi connectivity index (χ1v) is 5.76. The van der Waals surface area contributed by atoms with E-state index in [1.54, 1.807) is 0 Å². The molecule has 4 heteroatoms. The minimum atomic E-state index is -0.652. The first-order chi connectivity index (χ1) is 7.56. The van der Waals surface area contributed by atoms with Crippen LogP contribution in [0, 0.1) is 0 Å². The van der Waals surface area contributed by atoms with E-state index in [0.717, 1.165) is 38.4 Å². The van der Waals surface area contributed by atoms with Gasteiger partial charge >= 0.3 is 5.97 Å². The van der Waals surface area contributed by atoms with E-state index in [9.17, 15) is 15.0 Å². The molecule has 1 aliphatic carbocycles. The van der Waals surface area contributed by atoms with Crippen molar-refractivity contribution >= 4 is 5.97 Å². The van der Waals surface area contributed by atoms with Gasteiger partial charge in [0.2, 0.25) is 0 Å². The van der Waals surface area contributed by atoms with Gasteiger partial charge in [-0.2, -0.15) is 0 Å². The molecule has 0 amide bonds. The largest absolute Gasteiger partial charge is 0.435 e. The van der Waals surface area contributed by atoms with Gasteiger partial charge in [0.05, 0.1) is 24.4 Å². The van der Waals surface area contributed by atoms with Crippen LogP contribution < -0.4 is 0 Å². The van der Waals surface area contributed by atoms with Gasteiger partial charge in [-0.3, -0.25) is 4.79 Å². The van der Waals surface area contributed by atoms with Crippen LogP contribution in [0.25, 0.3) is 0 Å². The lowest BCUT2D eigenvalue weighted by Crippen LogP contribution is -2.14. The predicted molar refractivity (Wildman–Crippen MR) is 59.6 cm³/mol. The molecule has 1 saturated carbocycles. The highest BCUT2D eigenvalue weighted by molar-refractivity contribution is 5.70. The van der Waals surface area contributed by atoms with E-state index in [0.29, 0.717) is 6.42 Å². The molecule has 0 bridgehead atoms. The van der Waals surface area contributed by atoms with Gasteiger partial charge in [-0.15, -0.1) is 0 Å². The van der Waals surface area contributed by atoms with Crippen molar-refractivity contribution in [1.29, 1.82) is 0 Å². The number of unbranched alkanes of at least 4 members (excludes halogenated alkanes) is 1. The molecule has 1 rings (SSSR count). The molecule has 4 nitrogen and oxygen atoms in total. The molecule has 0 heterocycles. The maximum Gasteiger partial charge on any atom is 0.313 e. The summed E-state index contributed by atoms with van der Waals surface area (Å²) in [5.41, 5.74) is -0.410. The second-order valence-corrected chi connectivity index (χ2v) is 4.48. The van der Waals surface area contributed by atoms with Crippen molar-refractivity contribution in [2.24, 2.45) is 0 Å². The third kappa shape index (κ3) is 5.28. The monoisotopic (exact) mass is 228 g/mol. The normalized spacial score (nSPS) is 18.9. The number of hydrogen-bond donors (Lipinski definition) is 2. The van der Waals surface area contributed by atoms with Crippen molar-refractivity contribution in [2.45, 2.75) is 56.7 Å². The Morgan fingerprint density at radius 2 is 2.19 bits per heavy atom. The fourth-order valence-corrected chi connectivity index (χ4v) is 1.66. The van der Waals surface area contributed by atoms with Gasteiger partial charge in [0.25, 0.3) is 0 Å². The van der Waals surface area contributed by atoms with Crippen LogP contribution in [0.2, 0.25) is 0 Å². The van der Waals surface area contributed by atoms with E-state index in [2.05, 4.69) is 11.3 Å². The molecule has 2 N–H and O–H groups in total. The molecule has 0 aliphatic heterocycles. The molecule has 1 aliphatic rings. The highest BCUT2D eigenvalue weighted by Gasteiger charge is 2.39. The summed E-state index contributed by atoms with van der Waals surface area (Å²) < 4.78 is 4.51. The van der Waals surface area contributed by atoms with E-state index < -0.39 is 17.7 Å². The summed E-state index contributed by atoms with van der Waals surface area (Å²) in [6.07, 6.45) is 5.33. The van der Waals surface area contributed by atoms with Crippen molar-refractivity contribution in [3.05, 3.63) is 12.8 Å². The number of ether oxygens (including phenoxy) is 1. The lowest BCUT2D eigenvalue weighted by atomic mass is 10.1. The zero-order chi connectivity index (χ0) is 12.0. The molecule has 0 spiro atoms. The third-order valence-corrected chi connectivity index (χ3v) is 2.87. The van der Waals surface area contributed by atoms with E-state index in [1.807, 2.05) is 0 Å². The standard InChI is InChI=1S/C12H20O4/c1-2-16-11(14)9-10(13)5-3-4-6-12(15)7-8-12/h2,10,13,15H,1,3-9H2. The number of hydrogen-bond acceptors (Lipinski definition) is 4. The molecule has 0 aromatic carbocycles. The lowest BCUT2D eigenvalue weighted by Gasteiger charge is -2.10. The zero-order valence-electron chi connectivity index (χ0n) is 9.52. The van der Waals surface area contributed by atoms with E-state index in [4.69, 9.17) is 0 Å². The summed E-state index contributed by atoms with van der Waals surface area (Å²) in [5, 5.41) is 19.1. The molecule has 1 atom stereocenters. The van der Waals surface area contributed by atoms with Crippen LogP contribution in [-0.4, -0.2) is 27.9 Å². The number of aliphatic hydroxyl groups is 2. The number of carbonyl (C=O) groups is 1. The highest BCUT2D eigenvalue weighted by Crippen LogP contribution is 2.39. The fourth-order valence-electron chi connectivity index (χ4n) is 1.66. The second-order valence-electron chi connectivity index (χ2n) is 4.48. The summed E-state index contributed by atoms with van der Waals surface area (Å²) in [6, 6.07) is 0. The number of rotatable bonds is 8. The molecule has 0 aromatic heterocycles. The quantitative estimate of drug-likeness (QED) is 0.375. The highest BCUT2D eigenvalue weighted by atomic mass is 16.5. The van der Waals surface area contributed by atoms with Crippen molar-refractivity contribution in [1.82, 2.24) is 0 Å². The number of carbonyl (C=O) groups excluding carboxylic acids is 1. The molecule has 1 unspecified atom stereocenters. The fraction of sp³-hybridized carbons (Fsp3) is 0.750. The van der Waals surface area contributed by atoms with Crippen molar-refractivity contribution < 1.29 is 19.7 Å². The Bertz CT molecular complexity index is 245. The SMILES string of the molecule is C=COC(=O)CC(O)CCCCC1(O)CC1. The van der Waals surface area contributed by atoms with Crippen molar-refractivity contribution in [3.8, 4) is 0 Å². The van der Waals surface area contributed by atoms with Gasteiger partial charge in [-0.05, 0) is 25.7 Å². The van der Waals surface area contributed by atoms with Gasteiger partial charge in [0.15, 0.2) is 0 Å². The number of aliphatic hydroxyl groups excluding tert-OH is 1. The topological polar surface area (TPSA) is 66.8 Å². The Labute approximate surface area is 95.9 Å². The summed E-state index contributed by atoms with van der Waals surface area (Å²) in [7, 11) is 0.